The maximum Gasteiger partial charge on any atom is 0.202 e. The standard InChI is InChI=1S/C19H20ClFN6O.H2S/c20-15-11(2-1-3-12(15)21)16-17-18(26-25-16)24-14(8-23-17)27-6-4-19(5-7-27)10-28-9-13(19)22;/h1-3,8,13H,4-7,9-10,22H2,(H,24,25,26);1H2/t13-;/m1./s1. The van der Waals surface area contributed by atoms with Crippen LogP contribution in [-0.2, 0) is 4.74 Å². The first-order valence-corrected chi connectivity index (χ1v) is 9.69. The van der Waals surface area contributed by atoms with Crippen molar-refractivity contribution in [2.45, 2.75) is 18.9 Å². The number of ether oxygens (including phenoxy) is 1. The lowest BCUT2D eigenvalue weighted by molar-refractivity contribution is 0.131. The van der Waals surface area contributed by atoms with Gasteiger partial charge in [-0.25, -0.2) is 14.4 Å². The molecule has 7 nitrogen and oxygen atoms in total. The molecule has 3 aromatic rings. The Morgan fingerprint density at radius 3 is 2.83 bits per heavy atom. The monoisotopic (exact) mass is 436 g/mol. The van der Waals surface area contributed by atoms with Crippen molar-refractivity contribution >= 4 is 42.1 Å². The number of halogens is 2. The first kappa shape index (κ1) is 20.3. The van der Waals surface area contributed by atoms with Crippen LogP contribution in [0.15, 0.2) is 24.4 Å². The average Bonchev–Trinajstić information content (AvgIpc) is 3.28. The number of aromatic amines is 1. The number of nitrogens with two attached hydrogens (primary N) is 1. The number of aromatic nitrogens is 4. The summed E-state index contributed by atoms with van der Waals surface area (Å²) in [5.41, 5.74) is 8.47. The Labute approximate surface area is 179 Å². The van der Waals surface area contributed by atoms with Gasteiger partial charge in [0.15, 0.2) is 0 Å². The van der Waals surface area contributed by atoms with E-state index in [1.807, 2.05) is 0 Å². The van der Waals surface area contributed by atoms with Crippen molar-refractivity contribution in [2.24, 2.45) is 11.1 Å². The number of hydrogen-bond acceptors (Lipinski definition) is 6. The van der Waals surface area contributed by atoms with Crippen molar-refractivity contribution in [3.63, 3.8) is 0 Å². The number of benzene rings is 1. The minimum atomic E-state index is -0.483. The van der Waals surface area contributed by atoms with Crippen LogP contribution in [0.4, 0.5) is 10.2 Å². The maximum atomic E-state index is 13.8. The summed E-state index contributed by atoms with van der Waals surface area (Å²) in [6.45, 7) is 3.09. The van der Waals surface area contributed by atoms with E-state index in [0.29, 0.717) is 29.0 Å². The van der Waals surface area contributed by atoms with E-state index < -0.39 is 5.82 Å². The molecule has 0 aliphatic carbocycles. The summed E-state index contributed by atoms with van der Waals surface area (Å²) in [5, 5.41) is 7.19. The topological polar surface area (TPSA) is 93.0 Å². The smallest absolute Gasteiger partial charge is 0.202 e. The van der Waals surface area contributed by atoms with Gasteiger partial charge >= 0.3 is 0 Å². The van der Waals surface area contributed by atoms with Gasteiger partial charge in [0.1, 0.15) is 17.2 Å². The molecule has 0 bridgehead atoms. The van der Waals surface area contributed by atoms with E-state index >= 15 is 0 Å². The third-order valence-corrected chi connectivity index (χ3v) is 6.41. The van der Waals surface area contributed by atoms with Gasteiger partial charge in [-0.2, -0.15) is 18.6 Å². The fourth-order valence-electron chi connectivity index (χ4n) is 4.19. The second kappa shape index (κ2) is 7.71. The first-order chi connectivity index (χ1) is 13.6. The highest BCUT2D eigenvalue weighted by atomic mass is 35.5. The molecule has 4 heterocycles. The zero-order chi connectivity index (χ0) is 19.3. The molecule has 1 atom stereocenters. The highest BCUT2D eigenvalue weighted by molar-refractivity contribution is 7.59. The van der Waals surface area contributed by atoms with Gasteiger partial charge in [0, 0.05) is 30.1 Å². The Morgan fingerprint density at radius 1 is 1.31 bits per heavy atom. The number of anilines is 1. The van der Waals surface area contributed by atoms with Crippen LogP contribution in [0.5, 0.6) is 0 Å². The SMILES string of the molecule is N[C@@H]1COCC12CCN(c1cnc3c(-c4cccc(F)c4Cl)[nH]nc3n1)CC2.S. The molecule has 1 aromatic carbocycles. The summed E-state index contributed by atoms with van der Waals surface area (Å²) in [4.78, 5) is 11.4. The zero-order valence-corrected chi connectivity index (χ0v) is 17.4. The van der Waals surface area contributed by atoms with Gasteiger partial charge in [-0.15, -0.1) is 0 Å². The Bertz CT molecular complexity index is 1040. The number of hydrogen-bond donors (Lipinski definition) is 2. The molecule has 29 heavy (non-hydrogen) atoms. The van der Waals surface area contributed by atoms with Crippen LogP contribution >= 0.6 is 25.1 Å². The van der Waals surface area contributed by atoms with Crippen molar-refractivity contribution in [2.75, 3.05) is 31.2 Å². The quantitative estimate of drug-likeness (QED) is 0.641. The molecule has 2 fully saturated rings. The van der Waals surface area contributed by atoms with Gasteiger partial charge in [0.05, 0.1) is 30.1 Å². The van der Waals surface area contributed by atoms with E-state index in [9.17, 15) is 4.39 Å². The number of rotatable bonds is 2. The van der Waals surface area contributed by atoms with E-state index in [1.54, 1.807) is 18.3 Å². The number of piperidine rings is 1. The lowest BCUT2D eigenvalue weighted by Gasteiger charge is -2.41. The Kier molecular flexibility index (Phi) is 5.41. The van der Waals surface area contributed by atoms with Crippen LogP contribution in [-0.4, -0.2) is 52.5 Å². The average molecular weight is 437 g/mol. The maximum absolute atomic E-state index is 13.8. The lowest BCUT2D eigenvalue weighted by Crippen LogP contribution is -2.49. The summed E-state index contributed by atoms with van der Waals surface area (Å²) >= 11 is 6.11. The Hall–Kier alpha value is -1.94. The minimum Gasteiger partial charge on any atom is -0.379 e. The van der Waals surface area contributed by atoms with E-state index in [-0.39, 0.29) is 30.0 Å². The van der Waals surface area contributed by atoms with Crippen LogP contribution < -0.4 is 10.6 Å². The van der Waals surface area contributed by atoms with Gasteiger partial charge in [-0.3, -0.25) is 5.10 Å². The van der Waals surface area contributed by atoms with Crippen molar-refractivity contribution < 1.29 is 9.13 Å². The normalized spacial score (nSPS) is 20.9. The minimum absolute atomic E-state index is 0. The van der Waals surface area contributed by atoms with Crippen LogP contribution in [0, 0.1) is 11.2 Å². The van der Waals surface area contributed by atoms with Crippen molar-refractivity contribution in [3.8, 4) is 11.3 Å². The summed E-state index contributed by atoms with van der Waals surface area (Å²) < 4.78 is 19.4. The number of nitrogens with one attached hydrogen (secondary N) is 1. The van der Waals surface area contributed by atoms with Gasteiger partial charge in [-0.1, -0.05) is 23.7 Å². The van der Waals surface area contributed by atoms with Gasteiger partial charge in [-0.05, 0) is 18.9 Å². The second-order valence-corrected chi connectivity index (χ2v) is 7.95. The zero-order valence-electron chi connectivity index (χ0n) is 15.7. The third-order valence-electron chi connectivity index (χ3n) is 6.03. The molecule has 0 saturated carbocycles. The molecule has 5 rings (SSSR count). The third kappa shape index (κ3) is 3.35. The predicted molar refractivity (Wildman–Crippen MR) is 115 cm³/mol. The molecule has 0 amide bonds. The molecule has 0 unspecified atom stereocenters. The van der Waals surface area contributed by atoms with Crippen molar-refractivity contribution in [1.82, 2.24) is 20.2 Å². The fraction of sp³-hybridized carbons (Fsp3) is 0.421. The first-order valence-electron chi connectivity index (χ1n) is 9.31. The van der Waals surface area contributed by atoms with Crippen LogP contribution in [0.2, 0.25) is 5.02 Å². The molecule has 0 radical (unpaired) electrons. The molecular formula is C19H22ClFN6OS. The molecule has 2 saturated heterocycles. The van der Waals surface area contributed by atoms with Gasteiger partial charge in [0.2, 0.25) is 5.65 Å². The number of H-pyrrole nitrogens is 1. The van der Waals surface area contributed by atoms with Crippen LogP contribution in [0.3, 0.4) is 0 Å². The fourth-order valence-corrected chi connectivity index (χ4v) is 4.41. The molecule has 2 aromatic heterocycles. The highest BCUT2D eigenvalue weighted by Gasteiger charge is 2.44. The summed E-state index contributed by atoms with van der Waals surface area (Å²) in [7, 11) is 0. The number of fused-ring (bicyclic) bond motifs is 1. The van der Waals surface area contributed by atoms with Crippen molar-refractivity contribution in [1.29, 1.82) is 0 Å². The molecule has 1 spiro atoms. The molecule has 10 heteroatoms. The van der Waals surface area contributed by atoms with Gasteiger partial charge in [0.25, 0.3) is 0 Å². The van der Waals surface area contributed by atoms with E-state index in [2.05, 4.69) is 25.1 Å². The van der Waals surface area contributed by atoms with E-state index in [4.69, 9.17) is 22.1 Å². The highest BCUT2D eigenvalue weighted by Crippen LogP contribution is 2.39. The van der Waals surface area contributed by atoms with E-state index in [0.717, 1.165) is 38.4 Å². The summed E-state index contributed by atoms with van der Waals surface area (Å²) in [5.74, 6) is 0.293. The molecule has 2 aliphatic rings. The number of nitrogens with zero attached hydrogens (tertiary/aromatic N) is 4. The largest absolute Gasteiger partial charge is 0.379 e. The second-order valence-electron chi connectivity index (χ2n) is 7.57. The molecular weight excluding hydrogens is 415 g/mol. The Balaban J connectivity index is 0.00000205. The summed E-state index contributed by atoms with van der Waals surface area (Å²) in [6.07, 6.45) is 3.68. The molecule has 3 N–H and O–H groups in total. The van der Waals surface area contributed by atoms with Crippen LogP contribution in [0.25, 0.3) is 22.4 Å². The van der Waals surface area contributed by atoms with Crippen LogP contribution in [0.1, 0.15) is 12.8 Å². The predicted octanol–water partition coefficient (Wildman–Crippen LogP) is 2.87. The van der Waals surface area contributed by atoms with Crippen molar-refractivity contribution in [3.05, 3.63) is 35.2 Å². The summed E-state index contributed by atoms with van der Waals surface area (Å²) in [6, 6.07) is 4.75. The van der Waals surface area contributed by atoms with E-state index in [1.165, 1.54) is 6.07 Å². The van der Waals surface area contributed by atoms with Gasteiger partial charge < -0.3 is 15.4 Å². The lowest BCUT2D eigenvalue weighted by atomic mass is 9.75. The molecule has 154 valence electrons. The molecule has 2 aliphatic heterocycles. The Morgan fingerprint density at radius 2 is 2.10 bits per heavy atom.